The molecule has 0 aromatic carbocycles. The largest absolute Gasteiger partial charge is 0.325 e. The summed E-state index contributed by atoms with van der Waals surface area (Å²) in [5.41, 5.74) is 8.58. The maximum absolute atomic E-state index is 6.52. The Balaban J connectivity index is 2.25. The minimum atomic E-state index is -0.0823. The highest BCUT2D eigenvalue weighted by Gasteiger charge is 2.35. The smallest absolute Gasteiger partial charge is 0.0850 e. The van der Waals surface area contributed by atoms with Crippen LogP contribution in [-0.2, 0) is 19.4 Å². The average molecular weight is 270 g/mol. The maximum Gasteiger partial charge on any atom is 0.0850 e. The van der Waals surface area contributed by atoms with Crippen LogP contribution in [0.25, 0.3) is 0 Å². The van der Waals surface area contributed by atoms with Crippen molar-refractivity contribution < 1.29 is 0 Å². The minimum Gasteiger partial charge on any atom is -0.325 e. The second kappa shape index (κ2) is 5.22. The molecule has 18 heavy (non-hydrogen) atoms. The number of aryl methyl sites for hydroxylation is 2. The van der Waals surface area contributed by atoms with E-state index in [0.29, 0.717) is 0 Å². The first-order chi connectivity index (χ1) is 8.49. The predicted molar refractivity (Wildman–Crippen MR) is 75.9 cm³/mol. The van der Waals surface area contributed by atoms with Crippen molar-refractivity contribution in [3.05, 3.63) is 16.4 Å². The first-order valence-corrected chi connectivity index (χ1v) is 7.39. The van der Waals surface area contributed by atoms with E-state index < -0.39 is 0 Å². The maximum atomic E-state index is 6.52. The van der Waals surface area contributed by atoms with Gasteiger partial charge < -0.3 is 5.73 Å². The van der Waals surface area contributed by atoms with E-state index in [1.165, 1.54) is 6.42 Å². The van der Waals surface area contributed by atoms with E-state index >= 15 is 0 Å². The van der Waals surface area contributed by atoms with Crippen molar-refractivity contribution in [3.63, 3.8) is 0 Å². The molecule has 1 aromatic rings. The molecule has 2 unspecified atom stereocenters. The van der Waals surface area contributed by atoms with E-state index in [2.05, 4.69) is 25.9 Å². The van der Waals surface area contributed by atoms with E-state index in [9.17, 15) is 0 Å². The van der Waals surface area contributed by atoms with Crippen LogP contribution in [0.3, 0.4) is 0 Å². The number of hydrogen-bond acceptors (Lipinski definition) is 2. The quantitative estimate of drug-likeness (QED) is 0.912. The Morgan fingerprint density at radius 3 is 2.72 bits per heavy atom. The molecule has 1 aliphatic carbocycles. The van der Waals surface area contributed by atoms with Gasteiger partial charge >= 0.3 is 0 Å². The van der Waals surface area contributed by atoms with Crippen LogP contribution in [0.2, 0.25) is 5.02 Å². The van der Waals surface area contributed by atoms with Gasteiger partial charge in [0.15, 0.2) is 0 Å². The molecule has 0 bridgehead atoms. The van der Waals surface area contributed by atoms with Crippen molar-refractivity contribution in [1.29, 1.82) is 0 Å². The molecule has 102 valence electrons. The molecule has 0 amide bonds. The zero-order chi connectivity index (χ0) is 13.3. The van der Waals surface area contributed by atoms with Gasteiger partial charge in [-0.05, 0) is 38.5 Å². The summed E-state index contributed by atoms with van der Waals surface area (Å²) in [6.07, 6.45) is 5.17. The van der Waals surface area contributed by atoms with Gasteiger partial charge in [-0.25, -0.2) is 0 Å². The van der Waals surface area contributed by atoms with Crippen molar-refractivity contribution >= 4 is 11.6 Å². The molecule has 0 spiro atoms. The highest BCUT2D eigenvalue weighted by Crippen LogP contribution is 2.36. The Kier molecular flexibility index (Phi) is 4.02. The zero-order valence-electron chi connectivity index (χ0n) is 11.7. The van der Waals surface area contributed by atoms with Crippen molar-refractivity contribution in [3.8, 4) is 0 Å². The van der Waals surface area contributed by atoms with Gasteiger partial charge in [0.2, 0.25) is 0 Å². The average Bonchev–Trinajstić information content (AvgIpc) is 2.82. The molecule has 1 aliphatic rings. The fourth-order valence-corrected chi connectivity index (χ4v) is 3.45. The Hall–Kier alpha value is -0.540. The lowest BCUT2D eigenvalue weighted by Gasteiger charge is -2.24. The molecule has 2 N–H and O–H groups in total. The summed E-state index contributed by atoms with van der Waals surface area (Å²) in [7, 11) is 0. The summed E-state index contributed by atoms with van der Waals surface area (Å²) < 4.78 is 2.03. The van der Waals surface area contributed by atoms with E-state index in [1.54, 1.807) is 0 Å². The lowest BCUT2D eigenvalue weighted by atomic mass is 9.91. The summed E-state index contributed by atoms with van der Waals surface area (Å²) in [5, 5.41) is 5.40. The van der Waals surface area contributed by atoms with Gasteiger partial charge in [0.1, 0.15) is 0 Å². The van der Waals surface area contributed by atoms with Gasteiger partial charge in [0.25, 0.3) is 0 Å². The van der Waals surface area contributed by atoms with Crippen LogP contribution in [0.4, 0.5) is 0 Å². The number of hydrogen-bond donors (Lipinski definition) is 1. The molecular weight excluding hydrogens is 246 g/mol. The van der Waals surface area contributed by atoms with E-state index in [4.69, 9.17) is 17.3 Å². The van der Waals surface area contributed by atoms with Crippen molar-refractivity contribution in [2.75, 3.05) is 0 Å². The first-order valence-electron chi connectivity index (χ1n) is 7.02. The van der Waals surface area contributed by atoms with Gasteiger partial charge in [-0.2, -0.15) is 5.10 Å². The number of nitrogens with two attached hydrogens (primary N) is 1. The Labute approximate surface area is 115 Å². The normalized spacial score (nSPS) is 27.9. The molecule has 1 aromatic heterocycles. The van der Waals surface area contributed by atoms with Gasteiger partial charge in [0, 0.05) is 18.5 Å². The topological polar surface area (TPSA) is 43.8 Å². The number of nitrogens with zero attached hydrogens (tertiary/aromatic N) is 2. The van der Waals surface area contributed by atoms with Crippen LogP contribution in [0.15, 0.2) is 0 Å². The molecule has 2 atom stereocenters. The molecule has 0 aliphatic heterocycles. The minimum absolute atomic E-state index is 0.0823. The van der Waals surface area contributed by atoms with Crippen LogP contribution < -0.4 is 5.73 Å². The van der Waals surface area contributed by atoms with Gasteiger partial charge in [-0.3, -0.25) is 4.68 Å². The lowest BCUT2D eigenvalue weighted by Crippen LogP contribution is -2.40. The van der Waals surface area contributed by atoms with Crippen molar-refractivity contribution in [1.82, 2.24) is 9.78 Å². The Morgan fingerprint density at radius 2 is 2.22 bits per heavy atom. The van der Waals surface area contributed by atoms with Crippen LogP contribution in [0, 0.1) is 5.92 Å². The molecule has 2 rings (SSSR count). The van der Waals surface area contributed by atoms with Crippen LogP contribution in [0.5, 0.6) is 0 Å². The number of halogens is 1. The number of rotatable bonds is 4. The third kappa shape index (κ3) is 2.57. The van der Waals surface area contributed by atoms with E-state index in [0.717, 1.165) is 54.6 Å². The monoisotopic (exact) mass is 269 g/mol. The molecule has 1 fully saturated rings. The summed E-state index contributed by atoms with van der Waals surface area (Å²) in [6.45, 7) is 7.34. The summed E-state index contributed by atoms with van der Waals surface area (Å²) in [4.78, 5) is 0. The fraction of sp³-hybridized carbons (Fsp3) is 0.786. The van der Waals surface area contributed by atoms with E-state index in [-0.39, 0.29) is 5.54 Å². The third-order valence-electron chi connectivity index (χ3n) is 4.10. The van der Waals surface area contributed by atoms with Crippen molar-refractivity contribution in [2.45, 2.75) is 65.0 Å². The van der Waals surface area contributed by atoms with Crippen LogP contribution in [-0.4, -0.2) is 15.3 Å². The fourth-order valence-electron chi connectivity index (χ4n) is 3.11. The highest BCUT2D eigenvalue weighted by atomic mass is 35.5. The summed E-state index contributed by atoms with van der Waals surface area (Å²) in [6, 6.07) is 0. The molecule has 0 saturated heterocycles. The van der Waals surface area contributed by atoms with Gasteiger partial charge in [0.05, 0.1) is 16.4 Å². The lowest BCUT2D eigenvalue weighted by molar-refractivity contribution is 0.404. The Bertz CT molecular complexity index is 427. The molecule has 3 nitrogen and oxygen atoms in total. The van der Waals surface area contributed by atoms with Crippen LogP contribution >= 0.6 is 11.6 Å². The highest BCUT2D eigenvalue weighted by molar-refractivity contribution is 6.31. The number of aromatic nitrogens is 2. The van der Waals surface area contributed by atoms with Gasteiger partial charge in [-0.1, -0.05) is 25.4 Å². The van der Waals surface area contributed by atoms with E-state index in [1.807, 2.05) is 4.68 Å². The Morgan fingerprint density at radius 1 is 1.50 bits per heavy atom. The molecule has 0 radical (unpaired) electrons. The molecule has 4 heteroatoms. The summed E-state index contributed by atoms with van der Waals surface area (Å²) in [5.74, 6) is 0.734. The van der Waals surface area contributed by atoms with Crippen LogP contribution in [0.1, 0.15) is 51.4 Å². The SMILES string of the molecule is CCc1nn(CC)c(CC2(N)CCC(C)C2)c1Cl. The third-order valence-corrected chi connectivity index (χ3v) is 4.54. The predicted octanol–water partition coefficient (Wildman–Crippen LogP) is 3.18. The first kappa shape index (κ1) is 13.9. The van der Waals surface area contributed by atoms with Crippen molar-refractivity contribution in [2.24, 2.45) is 11.7 Å². The van der Waals surface area contributed by atoms with Gasteiger partial charge in [-0.15, -0.1) is 0 Å². The molecule has 1 saturated carbocycles. The zero-order valence-corrected chi connectivity index (χ0v) is 12.4. The molecular formula is C14H24ClN3. The second-order valence-electron chi connectivity index (χ2n) is 5.76. The standard InChI is InChI=1S/C14H24ClN3/c1-4-11-13(15)12(18(5-2)17-11)9-14(16)7-6-10(3)8-14/h10H,4-9,16H2,1-3H3. The second-order valence-corrected chi connectivity index (χ2v) is 6.14. The summed E-state index contributed by atoms with van der Waals surface area (Å²) >= 11 is 6.45. The molecule has 1 heterocycles.